The summed E-state index contributed by atoms with van der Waals surface area (Å²) in [6.45, 7) is 0. The van der Waals surface area contributed by atoms with E-state index in [0.29, 0.717) is 22.4 Å². The van der Waals surface area contributed by atoms with Gasteiger partial charge in [0, 0.05) is 5.39 Å². The minimum atomic E-state index is -0.329. The third kappa shape index (κ3) is 2.44. The van der Waals surface area contributed by atoms with E-state index in [1.54, 1.807) is 18.2 Å². The van der Waals surface area contributed by atoms with E-state index in [-0.39, 0.29) is 5.82 Å². The number of hydrogen-bond donors (Lipinski definition) is 0. The van der Waals surface area contributed by atoms with Crippen LogP contribution in [0.1, 0.15) is 0 Å². The van der Waals surface area contributed by atoms with Gasteiger partial charge in [0.15, 0.2) is 0 Å². The number of para-hydroxylation sites is 2. The predicted octanol–water partition coefficient (Wildman–Crippen LogP) is 4.93. The monoisotopic (exact) mass is 317 g/mol. The maximum atomic E-state index is 13.5. The molecule has 0 aliphatic heterocycles. The molecular formula is C15H9BrFNO. The van der Waals surface area contributed by atoms with E-state index in [1.165, 1.54) is 12.3 Å². The molecule has 94 valence electrons. The quantitative estimate of drug-likeness (QED) is 0.668. The molecule has 19 heavy (non-hydrogen) atoms. The van der Waals surface area contributed by atoms with Gasteiger partial charge in [-0.2, -0.15) is 0 Å². The van der Waals surface area contributed by atoms with Crippen molar-refractivity contribution < 1.29 is 9.13 Å². The maximum Gasteiger partial charge on any atom is 0.149 e. The Bertz CT molecular complexity index is 745. The van der Waals surface area contributed by atoms with Crippen molar-refractivity contribution in [2.24, 2.45) is 0 Å². The zero-order valence-corrected chi connectivity index (χ0v) is 11.4. The first-order chi connectivity index (χ1) is 9.24. The first kappa shape index (κ1) is 12.1. The molecule has 0 amide bonds. The summed E-state index contributed by atoms with van der Waals surface area (Å²) in [5, 5.41) is 0.713. The van der Waals surface area contributed by atoms with Gasteiger partial charge in [-0.15, -0.1) is 0 Å². The summed E-state index contributed by atoms with van der Waals surface area (Å²) >= 11 is 3.41. The topological polar surface area (TPSA) is 22.1 Å². The summed E-state index contributed by atoms with van der Waals surface area (Å²) in [5.74, 6) is 0.940. The van der Waals surface area contributed by atoms with Gasteiger partial charge in [-0.25, -0.2) is 9.37 Å². The van der Waals surface area contributed by atoms with Crippen LogP contribution in [0.15, 0.2) is 59.2 Å². The lowest BCUT2D eigenvalue weighted by Crippen LogP contribution is -1.89. The molecule has 1 heterocycles. The fourth-order valence-corrected chi connectivity index (χ4v) is 2.18. The van der Waals surface area contributed by atoms with Crippen molar-refractivity contribution in [2.45, 2.75) is 0 Å². The Hall–Kier alpha value is -1.94. The number of fused-ring (bicyclic) bond motifs is 1. The van der Waals surface area contributed by atoms with Crippen LogP contribution in [-0.4, -0.2) is 4.98 Å². The third-order valence-electron chi connectivity index (χ3n) is 2.70. The Morgan fingerprint density at radius 2 is 1.89 bits per heavy atom. The van der Waals surface area contributed by atoms with Gasteiger partial charge in [0.25, 0.3) is 0 Å². The molecule has 0 saturated heterocycles. The average Bonchev–Trinajstić information content (AvgIpc) is 2.42. The van der Waals surface area contributed by atoms with Gasteiger partial charge in [0.05, 0.1) is 10.7 Å². The van der Waals surface area contributed by atoms with Crippen molar-refractivity contribution in [3.63, 3.8) is 0 Å². The molecule has 0 N–H and O–H groups in total. The zero-order valence-electron chi connectivity index (χ0n) is 9.81. The number of pyridine rings is 1. The lowest BCUT2D eigenvalue weighted by atomic mass is 10.2. The van der Waals surface area contributed by atoms with E-state index < -0.39 is 0 Å². The highest BCUT2D eigenvalue weighted by Gasteiger charge is 2.05. The summed E-state index contributed by atoms with van der Waals surface area (Å²) in [7, 11) is 0. The van der Waals surface area contributed by atoms with Crippen LogP contribution in [0.25, 0.3) is 10.9 Å². The van der Waals surface area contributed by atoms with Crippen molar-refractivity contribution in [3.05, 3.63) is 65.0 Å². The second kappa shape index (κ2) is 4.97. The van der Waals surface area contributed by atoms with Crippen LogP contribution in [0.2, 0.25) is 0 Å². The molecule has 0 aliphatic carbocycles. The van der Waals surface area contributed by atoms with Crippen molar-refractivity contribution >= 4 is 26.8 Å². The molecule has 0 atom stereocenters. The Morgan fingerprint density at radius 3 is 2.74 bits per heavy atom. The highest BCUT2D eigenvalue weighted by molar-refractivity contribution is 9.10. The molecule has 0 aliphatic rings. The van der Waals surface area contributed by atoms with Gasteiger partial charge in [-0.1, -0.05) is 24.3 Å². The number of rotatable bonds is 2. The second-order valence-corrected chi connectivity index (χ2v) is 4.87. The van der Waals surface area contributed by atoms with Crippen LogP contribution in [0.3, 0.4) is 0 Å². The fourth-order valence-electron chi connectivity index (χ4n) is 1.81. The van der Waals surface area contributed by atoms with Crippen molar-refractivity contribution in [1.82, 2.24) is 4.98 Å². The lowest BCUT2D eigenvalue weighted by molar-refractivity contribution is 0.478. The standard InChI is InChI=1S/C15H9BrFNO/c16-12-5-1-2-7-14(12)19-11-8-10-4-3-6-13(17)15(10)18-9-11/h1-9H. The van der Waals surface area contributed by atoms with E-state index in [0.717, 1.165) is 4.47 Å². The summed E-state index contributed by atoms with van der Waals surface area (Å²) in [4.78, 5) is 4.09. The van der Waals surface area contributed by atoms with E-state index in [1.807, 2.05) is 24.3 Å². The minimum Gasteiger partial charge on any atom is -0.455 e. The van der Waals surface area contributed by atoms with Crippen LogP contribution >= 0.6 is 15.9 Å². The van der Waals surface area contributed by atoms with E-state index in [2.05, 4.69) is 20.9 Å². The normalized spacial score (nSPS) is 10.6. The molecule has 0 radical (unpaired) electrons. The second-order valence-electron chi connectivity index (χ2n) is 4.02. The van der Waals surface area contributed by atoms with Crippen LogP contribution < -0.4 is 4.74 Å². The van der Waals surface area contributed by atoms with Crippen LogP contribution in [0.4, 0.5) is 4.39 Å². The van der Waals surface area contributed by atoms with Gasteiger partial charge in [-0.3, -0.25) is 0 Å². The molecule has 0 unspecified atom stereocenters. The van der Waals surface area contributed by atoms with Crippen LogP contribution in [-0.2, 0) is 0 Å². The first-order valence-corrected chi connectivity index (χ1v) is 6.50. The summed E-state index contributed by atoms with van der Waals surface area (Å²) in [5.41, 5.74) is 0.349. The van der Waals surface area contributed by atoms with Crippen molar-refractivity contribution in [3.8, 4) is 11.5 Å². The summed E-state index contributed by atoms with van der Waals surface area (Å²) < 4.78 is 20.1. The van der Waals surface area contributed by atoms with E-state index in [9.17, 15) is 4.39 Å². The van der Waals surface area contributed by atoms with E-state index in [4.69, 9.17) is 4.74 Å². The lowest BCUT2D eigenvalue weighted by Gasteiger charge is -2.08. The number of nitrogens with zero attached hydrogens (tertiary/aromatic N) is 1. The molecule has 4 heteroatoms. The van der Waals surface area contributed by atoms with Gasteiger partial charge >= 0.3 is 0 Å². The maximum absolute atomic E-state index is 13.5. The van der Waals surface area contributed by atoms with Gasteiger partial charge in [0.2, 0.25) is 0 Å². The van der Waals surface area contributed by atoms with Gasteiger partial charge in [-0.05, 0) is 40.2 Å². The molecule has 0 bridgehead atoms. The zero-order chi connectivity index (χ0) is 13.2. The van der Waals surface area contributed by atoms with E-state index >= 15 is 0 Å². The highest BCUT2D eigenvalue weighted by atomic mass is 79.9. The summed E-state index contributed by atoms with van der Waals surface area (Å²) in [6, 6.07) is 14.1. The minimum absolute atomic E-state index is 0.329. The number of aromatic nitrogens is 1. The van der Waals surface area contributed by atoms with Crippen molar-refractivity contribution in [2.75, 3.05) is 0 Å². The molecule has 0 fully saturated rings. The number of halogens is 2. The SMILES string of the molecule is Fc1cccc2cc(Oc3ccccc3Br)cnc12. The molecule has 0 spiro atoms. The Morgan fingerprint density at radius 1 is 1.05 bits per heavy atom. The number of hydrogen-bond acceptors (Lipinski definition) is 2. The average molecular weight is 318 g/mol. The molecule has 1 aromatic heterocycles. The predicted molar refractivity (Wildman–Crippen MR) is 75.9 cm³/mol. The summed E-state index contributed by atoms with van der Waals surface area (Å²) in [6.07, 6.45) is 1.52. The van der Waals surface area contributed by atoms with Crippen molar-refractivity contribution in [1.29, 1.82) is 0 Å². The fraction of sp³-hybridized carbons (Fsp3) is 0. The number of ether oxygens (including phenoxy) is 1. The smallest absolute Gasteiger partial charge is 0.149 e. The first-order valence-electron chi connectivity index (χ1n) is 5.71. The Labute approximate surface area is 118 Å². The Kier molecular flexibility index (Phi) is 3.17. The van der Waals surface area contributed by atoms with Gasteiger partial charge in [0.1, 0.15) is 22.8 Å². The number of benzene rings is 2. The molecular weight excluding hydrogens is 309 g/mol. The van der Waals surface area contributed by atoms with Crippen LogP contribution in [0, 0.1) is 5.82 Å². The third-order valence-corrected chi connectivity index (χ3v) is 3.36. The molecule has 2 aromatic carbocycles. The largest absolute Gasteiger partial charge is 0.455 e. The molecule has 3 rings (SSSR count). The van der Waals surface area contributed by atoms with Crippen LogP contribution in [0.5, 0.6) is 11.5 Å². The molecule has 3 aromatic rings. The molecule has 2 nitrogen and oxygen atoms in total. The highest BCUT2D eigenvalue weighted by Crippen LogP contribution is 2.30. The molecule has 0 saturated carbocycles. The Balaban J connectivity index is 2.01. The van der Waals surface area contributed by atoms with Gasteiger partial charge < -0.3 is 4.74 Å².